The Morgan fingerprint density at radius 2 is 1.90 bits per heavy atom. The lowest BCUT2D eigenvalue weighted by Crippen LogP contribution is -2.61. The Hall–Kier alpha value is -0.910. The molecule has 1 saturated heterocycles. The quantitative estimate of drug-likeness (QED) is 0.455. The van der Waals surface area contributed by atoms with Gasteiger partial charge in [0.25, 0.3) is 5.92 Å². The van der Waals surface area contributed by atoms with E-state index in [-0.39, 0.29) is 6.42 Å². The first kappa shape index (κ1) is 15.5. The number of hydrogen-bond acceptors (Lipinski definition) is 3. The molecule has 5 nitrogen and oxygen atoms in total. The van der Waals surface area contributed by atoms with E-state index in [0.29, 0.717) is 32.0 Å². The van der Waals surface area contributed by atoms with Crippen LogP contribution in [0.15, 0.2) is 5.11 Å². The first-order valence-electron chi connectivity index (χ1n) is 7.36. The van der Waals surface area contributed by atoms with Crippen molar-refractivity contribution in [3.8, 4) is 0 Å². The van der Waals surface area contributed by atoms with Crippen LogP contribution >= 0.6 is 0 Å². The lowest BCUT2D eigenvalue weighted by atomic mass is 9.86. The third-order valence-corrected chi connectivity index (χ3v) is 4.48. The molecule has 1 aliphatic heterocycles. The van der Waals surface area contributed by atoms with Gasteiger partial charge in [-0.05, 0) is 32.2 Å². The van der Waals surface area contributed by atoms with Crippen LogP contribution in [0.4, 0.5) is 8.78 Å². The van der Waals surface area contributed by atoms with Gasteiger partial charge in [-0.1, -0.05) is 5.11 Å². The van der Waals surface area contributed by atoms with Gasteiger partial charge in [-0.25, -0.2) is 8.78 Å². The predicted molar refractivity (Wildman–Crippen MR) is 73.8 cm³/mol. The van der Waals surface area contributed by atoms with Crippen molar-refractivity contribution in [1.82, 2.24) is 9.80 Å². The van der Waals surface area contributed by atoms with Crippen LogP contribution in [-0.2, 0) is 0 Å². The zero-order valence-electron chi connectivity index (χ0n) is 12.2. The van der Waals surface area contributed by atoms with Crippen LogP contribution in [0.1, 0.15) is 33.1 Å². The van der Waals surface area contributed by atoms with Gasteiger partial charge in [-0.3, -0.25) is 9.80 Å². The number of nitrogens with zero attached hydrogens (tertiary/aromatic N) is 5. The van der Waals surface area contributed by atoms with Crippen LogP contribution in [0.25, 0.3) is 10.4 Å². The average Bonchev–Trinajstić information content (AvgIpc) is 2.38. The summed E-state index contributed by atoms with van der Waals surface area (Å²) in [6.07, 6.45) is 0.896. The second-order valence-corrected chi connectivity index (χ2v) is 6.04. The van der Waals surface area contributed by atoms with E-state index in [4.69, 9.17) is 5.53 Å². The Morgan fingerprint density at radius 1 is 1.25 bits per heavy atom. The van der Waals surface area contributed by atoms with E-state index in [1.807, 2.05) is 4.90 Å². The van der Waals surface area contributed by atoms with E-state index in [1.54, 1.807) is 0 Å². The minimum Gasteiger partial charge on any atom is -0.298 e. The third-order valence-electron chi connectivity index (χ3n) is 4.48. The number of piperazine rings is 1. The summed E-state index contributed by atoms with van der Waals surface area (Å²) in [5.74, 6) is -2.75. The summed E-state index contributed by atoms with van der Waals surface area (Å²) in [6, 6.07) is -1.09. The molecule has 7 heteroatoms. The molecule has 2 rings (SSSR count). The molecule has 1 saturated carbocycles. The highest BCUT2D eigenvalue weighted by Crippen LogP contribution is 2.38. The first-order valence-corrected chi connectivity index (χ1v) is 7.36. The van der Waals surface area contributed by atoms with Crippen LogP contribution in [-0.4, -0.2) is 60.0 Å². The molecule has 2 atom stereocenters. The van der Waals surface area contributed by atoms with Crippen molar-refractivity contribution in [3.05, 3.63) is 10.4 Å². The normalized spacial score (nSPS) is 32.0. The number of alkyl halides is 2. The van der Waals surface area contributed by atoms with Crippen LogP contribution in [0.2, 0.25) is 0 Å². The van der Waals surface area contributed by atoms with E-state index in [2.05, 4.69) is 28.8 Å². The zero-order chi connectivity index (χ0) is 14.8. The van der Waals surface area contributed by atoms with E-state index in [9.17, 15) is 8.78 Å². The molecule has 0 N–H and O–H groups in total. The topological polar surface area (TPSA) is 55.2 Å². The Bertz CT molecular complexity index is 373. The lowest BCUT2D eigenvalue weighted by molar-refractivity contribution is -0.121. The van der Waals surface area contributed by atoms with Crippen LogP contribution in [0.5, 0.6) is 0 Å². The van der Waals surface area contributed by atoms with Crippen LogP contribution in [0, 0.1) is 0 Å². The minimum atomic E-state index is -2.75. The van der Waals surface area contributed by atoms with E-state index in [1.165, 1.54) is 0 Å². The number of hydrogen-bond donors (Lipinski definition) is 0. The molecule has 0 aromatic heterocycles. The molecule has 0 aromatic carbocycles. The number of azide groups is 1. The maximum atomic E-state index is 14.2. The van der Waals surface area contributed by atoms with E-state index >= 15 is 0 Å². The fourth-order valence-corrected chi connectivity index (χ4v) is 3.36. The molecule has 0 unspecified atom stereocenters. The van der Waals surface area contributed by atoms with Crippen molar-refractivity contribution < 1.29 is 8.78 Å². The van der Waals surface area contributed by atoms with Crippen molar-refractivity contribution in [3.63, 3.8) is 0 Å². The van der Waals surface area contributed by atoms with Gasteiger partial charge >= 0.3 is 0 Å². The third kappa shape index (κ3) is 3.22. The maximum absolute atomic E-state index is 14.2. The molecular weight excluding hydrogens is 264 g/mol. The van der Waals surface area contributed by atoms with Crippen molar-refractivity contribution in [2.45, 2.75) is 57.2 Å². The van der Waals surface area contributed by atoms with Gasteiger partial charge in [-0.15, -0.1) is 0 Å². The van der Waals surface area contributed by atoms with Gasteiger partial charge in [-0.2, -0.15) is 0 Å². The van der Waals surface area contributed by atoms with E-state index in [0.717, 1.165) is 13.1 Å². The van der Waals surface area contributed by atoms with Crippen molar-refractivity contribution in [2.75, 3.05) is 26.2 Å². The van der Waals surface area contributed by atoms with Crippen molar-refractivity contribution >= 4 is 0 Å². The van der Waals surface area contributed by atoms with Gasteiger partial charge in [0.05, 0.1) is 12.1 Å². The molecule has 2 aliphatic rings. The molecule has 20 heavy (non-hydrogen) atoms. The SMILES string of the molecule is CC(C)N1CCN([C@H]2[C@H](N=[N+]=[N-])CCCC2(F)F)CC1. The zero-order valence-corrected chi connectivity index (χ0v) is 12.2. The average molecular weight is 287 g/mol. The number of halogens is 2. The predicted octanol–water partition coefficient (Wildman–Crippen LogP) is 2.88. The van der Waals surface area contributed by atoms with Crippen molar-refractivity contribution in [1.29, 1.82) is 0 Å². The molecule has 1 heterocycles. The Morgan fingerprint density at radius 3 is 2.45 bits per heavy atom. The molecule has 2 fully saturated rings. The molecule has 1 aliphatic carbocycles. The highest BCUT2D eigenvalue weighted by molar-refractivity contribution is 5.00. The summed E-state index contributed by atoms with van der Waals surface area (Å²) in [4.78, 5) is 6.89. The Labute approximate surface area is 118 Å². The van der Waals surface area contributed by atoms with Gasteiger partial charge in [0, 0.05) is 43.6 Å². The molecule has 0 bridgehead atoms. The lowest BCUT2D eigenvalue weighted by Gasteiger charge is -2.46. The summed E-state index contributed by atoms with van der Waals surface area (Å²) in [7, 11) is 0. The molecular formula is C13H23F2N5. The van der Waals surface area contributed by atoms with Gasteiger partial charge in [0.1, 0.15) is 0 Å². The summed E-state index contributed by atoms with van der Waals surface area (Å²) >= 11 is 0. The van der Waals surface area contributed by atoms with Crippen LogP contribution < -0.4 is 0 Å². The molecule has 0 amide bonds. The summed E-state index contributed by atoms with van der Waals surface area (Å²) in [5.41, 5.74) is 8.61. The molecule has 0 aromatic rings. The largest absolute Gasteiger partial charge is 0.298 e. The van der Waals surface area contributed by atoms with Crippen molar-refractivity contribution in [2.24, 2.45) is 5.11 Å². The second-order valence-electron chi connectivity index (χ2n) is 6.04. The molecule has 114 valence electrons. The minimum absolute atomic E-state index is 0.0977. The molecule has 0 spiro atoms. The first-order chi connectivity index (χ1) is 9.45. The van der Waals surface area contributed by atoms with Gasteiger partial charge < -0.3 is 0 Å². The standard InChI is InChI=1S/C13H23F2N5/c1-10(2)19-6-8-20(9-7-19)12-11(17-18-16)4-3-5-13(12,14)15/h10-12H,3-9H2,1-2H3/t11-,12+/m1/s1. The summed E-state index contributed by atoms with van der Waals surface area (Å²) in [5, 5.41) is 3.64. The highest BCUT2D eigenvalue weighted by Gasteiger charge is 2.50. The highest BCUT2D eigenvalue weighted by atomic mass is 19.3. The molecule has 0 radical (unpaired) electrons. The van der Waals surface area contributed by atoms with Crippen LogP contribution in [0.3, 0.4) is 0 Å². The maximum Gasteiger partial charge on any atom is 0.263 e. The van der Waals surface area contributed by atoms with E-state index < -0.39 is 18.0 Å². The summed E-state index contributed by atoms with van der Waals surface area (Å²) < 4.78 is 28.5. The fraction of sp³-hybridized carbons (Fsp3) is 1.00. The number of rotatable bonds is 3. The van der Waals surface area contributed by atoms with Gasteiger partial charge in [0.15, 0.2) is 0 Å². The monoisotopic (exact) mass is 287 g/mol. The Balaban J connectivity index is 2.09. The van der Waals surface area contributed by atoms with Gasteiger partial charge in [0.2, 0.25) is 0 Å². The second kappa shape index (κ2) is 6.24. The smallest absolute Gasteiger partial charge is 0.263 e. The fourth-order valence-electron chi connectivity index (χ4n) is 3.36. The summed E-state index contributed by atoms with van der Waals surface area (Å²) in [6.45, 7) is 7.08. The Kier molecular flexibility index (Phi) is 4.83.